The molecule has 0 fully saturated rings. The van der Waals surface area contributed by atoms with Crippen LogP contribution in [0.25, 0.3) is 10.9 Å². The van der Waals surface area contributed by atoms with Gasteiger partial charge >= 0.3 is 0 Å². The maximum absolute atomic E-state index is 3.68. The predicted molar refractivity (Wildman–Crippen MR) is 89.9 cm³/mol. The van der Waals surface area contributed by atoms with E-state index in [1.165, 1.54) is 33.4 Å². The molecule has 0 radical (unpaired) electrons. The first-order chi connectivity index (χ1) is 10.9. The van der Waals surface area contributed by atoms with E-state index in [-0.39, 0.29) is 0 Å². The molecule has 0 amide bonds. The third kappa shape index (κ3) is 1.70. The highest BCUT2D eigenvalue weighted by atomic mass is 15.1. The van der Waals surface area contributed by atoms with Crippen molar-refractivity contribution in [2.75, 3.05) is 13.1 Å². The molecular weight excluding hydrogens is 268 g/mol. The zero-order valence-corrected chi connectivity index (χ0v) is 12.5. The largest absolute Gasteiger partial charge is 0.350 e. The molecule has 3 heterocycles. The van der Waals surface area contributed by atoms with Crippen molar-refractivity contribution in [1.29, 1.82) is 0 Å². The molecule has 2 aromatic carbocycles. The van der Waals surface area contributed by atoms with Crippen LogP contribution in [-0.4, -0.2) is 28.4 Å². The Bertz CT molecular complexity index is 886. The summed E-state index contributed by atoms with van der Waals surface area (Å²) in [4.78, 5) is 3.68. The van der Waals surface area contributed by atoms with Crippen LogP contribution in [0, 0.1) is 0 Å². The highest BCUT2D eigenvalue weighted by Gasteiger charge is 2.38. The first-order valence-electron chi connectivity index (χ1n) is 8.16. The van der Waals surface area contributed by atoms with Crippen molar-refractivity contribution in [3.63, 3.8) is 0 Å². The number of aromatic nitrogens is 1. The van der Waals surface area contributed by atoms with E-state index < -0.39 is 0 Å². The van der Waals surface area contributed by atoms with Gasteiger partial charge in [0.05, 0.1) is 5.92 Å². The zero-order valence-electron chi connectivity index (χ0n) is 12.5. The van der Waals surface area contributed by atoms with Gasteiger partial charge in [-0.1, -0.05) is 48.5 Å². The Morgan fingerprint density at radius 1 is 0.955 bits per heavy atom. The standard InChI is InChI=1S/C20H18N2/c1-2-6-14(7-3-1)15-12-19-20-17(10-11-22(19)13-15)16-8-4-5-9-18(16)21-20/h1-9,15H,10-13H2/p+1. The van der Waals surface area contributed by atoms with Gasteiger partial charge in [-0.25, -0.2) is 4.58 Å². The number of hydrogen-bond acceptors (Lipinski definition) is 0. The summed E-state index contributed by atoms with van der Waals surface area (Å²) in [6.45, 7) is 2.32. The number of rotatable bonds is 1. The molecule has 22 heavy (non-hydrogen) atoms. The van der Waals surface area contributed by atoms with Crippen molar-refractivity contribution in [2.45, 2.75) is 18.8 Å². The minimum absolute atomic E-state index is 0.633. The molecule has 1 unspecified atom stereocenters. The van der Waals surface area contributed by atoms with Gasteiger partial charge in [-0.2, -0.15) is 0 Å². The molecule has 2 heteroatoms. The number of aromatic amines is 1. The van der Waals surface area contributed by atoms with E-state index in [0.717, 1.165) is 25.9 Å². The highest BCUT2D eigenvalue weighted by molar-refractivity contribution is 6.04. The molecule has 0 saturated carbocycles. The molecule has 5 rings (SSSR count). The van der Waals surface area contributed by atoms with Gasteiger partial charge in [-0.05, 0) is 17.2 Å². The van der Waals surface area contributed by atoms with Gasteiger partial charge in [0.2, 0.25) is 5.71 Å². The number of H-pyrrole nitrogens is 1. The van der Waals surface area contributed by atoms with Crippen LogP contribution in [0.2, 0.25) is 0 Å². The van der Waals surface area contributed by atoms with Gasteiger partial charge in [0, 0.05) is 23.7 Å². The molecule has 2 nitrogen and oxygen atoms in total. The average Bonchev–Trinajstić information content (AvgIpc) is 3.16. The van der Waals surface area contributed by atoms with Gasteiger partial charge in [0.25, 0.3) is 0 Å². The second-order valence-corrected chi connectivity index (χ2v) is 6.48. The lowest BCUT2D eigenvalue weighted by atomic mass is 9.94. The molecule has 1 aromatic heterocycles. The first-order valence-corrected chi connectivity index (χ1v) is 8.16. The van der Waals surface area contributed by atoms with Crippen LogP contribution in [0.4, 0.5) is 0 Å². The number of fused-ring (bicyclic) bond motifs is 4. The normalized spacial score (nSPS) is 20.3. The molecule has 0 aliphatic carbocycles. The molecule has 2 aliphatic rings. The van der Waals surface area contributed by atoms with Crippen molar-refractivity contribution in [3.8, 4) is 0 Å². The molecular formula is C20H19N2+. The minimum Gasteiger partial charge on any atom is -0.350 e. The van der Waals surface area contributed by atoms with Crippen LogP contribution in [-0.2, 0) is 6.42 Å². The Balaban J connectivity index is 1.58. The Morgan fingerprint density at radius 2 is 1.77 bits per heavy atom. The quantitative estimate of drug-likeness (QED) is 0.658. The van der Waals surface area contributed by atoms with E-state index in [4.69, 9.17) is 0 Å². The van der Waals surface area contributed by atoms with Crippen molar-refractivity contribution in [1.82, 2.24) is 4.98 Å². The summed E-state index contributed by atoms with van der Waals surface area (Å²) in [5, 5.41) is 1.41. The topological polar surface area (TPSA) is 18.8 Å². The number of nitrogens with zero attached hydrogens (tertiary/aromatic N) is 1. The maximum Gasteiger partial charge on any atom is 0.200 e. The molecule has 1 atom stereocenters. The van der Waals surface area contributed by atoms with E-state index in [1.54, 1.807) is 0 Å². The zero-order chi connectivity index (χ0) is 14.5. The second kappa shape index (κ2) is 4.57. The van der Waals surface area contributed by atoms with Crippen molar-refractivity contribution in [3.05, 3.63) is 71.4 Å². The van der Waals surface area contributed by atoms with Crippen LogP contribution in [0.3, 0.4) is 0 Å². The van der Waals surface area contributed by atoms with Crippen molar-refractivity contribution < 1.29 is 4.58 Å². The number of para-hydroxylation sites is 1. The van der Waals surface area contributed by atoms with Gasteiger partial charge in [-0.15, -0.1) is 0 Å². The van der Waals surface area contributed by atoms with E-state index >= 15 is 0 Å². The summed E-state index contributed by atoms with van der Waals surface area (Å²) in [5.41, 5.74) is 7.19. The molecule has 0 bridgehead atoms. The summed E-state index contributed by atoms with van der Waals surface area (Å²) < 4.78 is 2.59. The lowest BCUT2D eigenvalue weighted by Gasteiger charge is -2.09. The third-order valence-corrected chi connectivity index (χ3v) is 5.27. The SMILES string of the molecule is c1ccc(C2CC3=[N+](CCc4c3[nH]c3ccccc43)C2)cc1. The molecule has 0 saturated heterocycles. The van der Waals surface area contributed by atoms with Crippen LogP contribution in [0.1, 0.15) is 29.2 Å². The van der Waals surface area contributed by atoms with E-state index in [9.17, 15) is 0 Å². The minimum atomic E-state index is 0.633. The monoisotopic (exact) mass is 287 g/mol. The third-order valence-electron chi connectivity index (χ3n) is 5.27. The number of benzene rings is 2. The van der Waals surface area contributed by atoms with E-state index in [0.29, 0.717) is 5.92 Å². The van der Waals surface area contributed by atoms with Crippen LogP contribution in [0.15, 0.2) is 54.6 Å². The molecule has 2 aliphatic heterocycles. The predicted octanol–water partition coefficient (Wildman–Crippen LogP) is 3.71. The fourth-order valence-corrected chi connectivity index (χ4v) is 4.19. The smallest absolute Gasteiger partial charge is 0.200 e. The van der Waals surface area contributed by atoms with Crippen LogP contribution < -0.4 is 0 Å². The summed E-state index contributed by atoms with van der Waals surface area (Å²) in [7, 11) is 0. The molecule has 3 aromatic rings. The number of nitrogens with one attached hydrogen (secondary N) is 1. The first kappa shape index (κ1) is 12.2. The lowest BCUT2D eigenvalue weighted by Crippen LogP contribution is -2.25. The Hall–Kier alpha value is -2.35. The van der Waals surface area contributed by atoms with Crippen LogP contribution >= 0.6 is 0 Å². The summed E-state index contributed by atoms with van der Waals surface area (Å²) >= 11 is 0. The Labute approximate surface area is 130 Å². The lowest BCUT2D eigenvalue weighted by molar-refractivity contribution is -0.522. The number of hydrogen-bond donors (Lipinski definition) is 1. The van der Waals surface area contributed by atoms with Gasteiger partial charge in [-0.3, -0.25) is 0 Å². The Morgan fingerprint density at radius 3 is 2.68 bits per heavy atom. The fraction of sp³-hybridized carbons (Fsp3) is 0.250. The maximum atomic E-state index is 3.68. The summed E-state index contributed by atoms with van der Waals surface area (Å²) in [6.07, 6.45) is 2.31. The van der Waals surface area contributed by atoms with Gasteiger partial charge < -0.3 is 4.98 Å². The van der Waals surface area contributed by atoms with Crippen molar-refractivity contribution >= 4 is 16.6 Å². The average molecular weight is 287 g/mol. The summed E-state index contributed by atoms with van der Waals surface area (Å²) in [5.74, 6) is 0.633. The van der Waals surface area contributed by atoms with Gasteiger partial charge in [0.1, 0.15) is 12.2 Å². The van der Waals surface area contributed by atoms with Gasteiger partial charge in [0.15, 0.2) is 6.54 Å². The van der Waals surface area contributed by atoms with Crippen LogP contribution in [0.5, 0.6) is 0 Å². The van der Waals surface area contributed by atoms with E-state index in [2.05, 4.69) is 64.2 Å². The van der Waals surface area contributed by atoms with Crippen molar-refractivity contribution in [2.24, 2.45) is 0 Å². The molecule has 1 N–H and O–H groups in total. The Kier molecular flexibility index (Phi) is 2.54. The highest BCUT2D eigenvalue weighted by Crippen LogP contribution is 2.33. The second-order valence-electron chi connectivity index (χ2n) is 6.48. The molecule has 108 valence electrons. The van der Waals surface area contributed by atoms with E-state index in [1.807, 2.05) is 0 Å². The summed E-state index contributed by atoms with van der Waals surface area (Å²) in [6, 6.07) is 19.7. The molecule has 0 spiro atoms. The fourth-order valence-electron chi connectivity index (χ4n) is 4.19.